The average molecular weight is 218 g/mol. The molecular formula is C7H12ClN5O. The van der Waals surface area contributed by atoms with Gasteiger partial charge in [0.25, 0.3) is 0 Å². The van der Waals surface area contributed by atoms with Crippen molar-refractivity contribution in [3.8, 4) is 0 Å². The van der Waals surface area contributed by atoms with Crippen molar-refractivity contribution in [2.24, 2.45) is 0 Å². The van der Waals surface area contributed by atoms with Crippen LogP contribution in [-0.2, 0) is 0 Å². The second-order valence-corrected chi connectivity index (χ2v) is 3.22. The van der Waals surface area contributed by atoms with E-state index >= 15 is 0 Å². The van der Waals surface area contributed by atoms with E-state index in [1.165, 1.54) is 0 Å². The van der Waals surface area contributed by atoms with Crippen molar-refractivity contribution >= 4 is 23.5 Å². The van der Waals surface area contributed by atoms with Crippen molar-refractivity contribution in [2.75, 3.05) is 17.4 Å². The molecule has 0 saturated carbocycles. The number of halogens is 1. The number of nitrogens with one attached hydrogen (secondary N) is 2. The van der Waals surface area contributed by atoms with Gasteiger partial charge in [0.05, 0.1) is 0 Å². The van der Waals surface area contributed by atoms with E-state index in [1.807, 2.05) is 13.8 Å². The van der Waals surface area contributed by atoms with Gasteiger partial charge in [-0.3, -0.25) is 0 Å². The molecule has 0 amide bonds. The fourth-order valence-corrected chi connectivity index (χ4v) is 0.983. The van der Waals surface area contributed by atoms with E-state index in [9.17, 15) is 0 Å². The standard InChI is InChI=1S/C7H12ClN5O/c1-4(2)10-7-12-5(8)11-6(13-7)9-3-14/h4,14H,3H2,1-2H3,(H2,9,10,11,12,13). The molecule has 3 N–H and O–H groups in total. The molecule has 6 nitrogen and oxygen atoms in total. The van der Waals surface area contributed by atoms with E-state index in [1.54, 1.807) is 0 Å². The number of aliphatic hydroxyl groups is 1. The van der Waals surface area contributed by atoms with E-state index in [-0.39, 0.29) is 24.0 Å². The fraction of sp³-hybridized carbons (Fsp3) is 0.571. The SMILES string of the molecule is CC(C)Nc1nc(Cl)nc(NCO)n1. The Morgan fingerprint density at radius 1 is 1.29 bits per heavy atom. The molecule has 1 heterocycles. The van der Waals surface area contributed by atoms with E-state index in [0.717, 1.165) is 0 Å². The lowest BCUT2D eigenvalue weighted by atomic mass is 10.4. The van der Waals surface area contributed by atoms with E-state index in [0.29, 0.717) is 5.95 Å². The van der Waals surface area contributed by atoms with Crippen LogP contribution in [0.1, 0.15) is 13.8 Å². The zero-order chi connectivity index (χ0) is 10.6. The average Bonchev–Trinajstić information content (AvgIpc) is 2.01. The van der Waals surface area contributed by atoms with Gasteiger partial charge < -0.3 is 15.7 Å². The summed E-state index contributed by atoms with van der Waals surface area (Å²) >= 11 is 5.65. The molecule has 7 heteroatoms. The van der Waals surface area contributed by atoms with E-state index in [4.69, 9.17) is 16.7 Å². The van der Waals surface area contributed by atoms with Crippen LogP contribution in [-0.4, -0.2) is 32.8 Å². The molecule has 0 radical (unpaired) electrons. The number of aromatic nitrogens is 3. The maximum absolute atomic E-state index is 8.61. The Bertz CT molecular complexity index is 306. The summed E-state index contributed by atoms with van der Waals surface area (Å²) in [6.07, 6.45) is 0. The summed E-state index contributed by atoms with van der Waals surface area (Å²) < 4.78 is 0. The van der Waals surface area contributed by atoms with Crippen LogP contribution in [0.3, 0.4) is 0 Å². The van der Waals surface area contributed by atoms with Crippen LogP contribution in [0.5, 0.6) is 0 Å². The lowest BCUT2D eigenvalue weighted by Gasteiger charge is -2.09. The zero-order valence-electron chi connectivity index (χ0n) is 7.95. The summed E-state index contributed by atoms with van der Waals surface area (Å²) in [6, 6.07) is 0.204. The summed E-state index contributed by atoms with van der Waals surface area (Å²) in [4.78, 5) is 11.6. The number of anilines is 2. The van der Waals surface area contributed by atoms with Gasteiger partial charge in [-0.05, 0) is 25.4 Å². The Kier molecular flexibility index (Phi) is 3.84. The van der Waals surface area contributed by atoms with Crippen molar-refractivity contribution in [3.63, 3.8) is 0 Å². The van der Waals surface area contributed by atoms with Crippen molar-refractivity contribution in [1.82, 2.24) is 15.0 Å². The van der Waals surface area contributed by atoms with Crippen LogP contribution in [0.25, 0.3) is 0 Å². The minimum absolute atomic E-state index is 0.0825. The number of hydrogen-bond donors (Lipinski definition) is 3. The highest BCUT2D eigenvalue weighted by molar-refractivity contribution is 6.28. The Labute approximate surface area is 86.7 Å². The first-order valence-electron chi connectivity index (χ1n) is 4.14. The van der Waals surface area contributed by atoms with Gasteiger partial charge in [0, 0.05) is 6.04 Å². The van der Waals surface area contributed by atoms with Gasteiger partial charge in [-0.1, -0.05) is 0 Å². The number of nitrogens with zero attached hydrogens (tertiary/aromatic N) is 3. The second-order valence-electron chi connectivity index (χ2n) is 2.89. The van der Waals surface area contributed by atoms with Gasteiger partial charge in [0.15, 0.2) is 0 Å². The maximum Gasteiger partial charge on any atom is 0.230 e. The molecule has 0 atom stereocenters. The molecule has 1 aromatic heterocycles. The molecule has 1 aromatic rings. The Morgan fingerprint density at radius 3 is 2.50 bits per heavy atom. The topological polar surface area (TPSA) is 83.0 Å². The van der Waals surface area contributed by atoms with Crippen LogP contribution in [0.15, 0.2) is 0 Å². The molecule has 0 aliphatic rings. The maximum atomic E-state index is 8.61. The minimum Gasteiger partial charge on any atom is -0.376 e. The number of aliphatic hydroxyl groups excluding tert-OH is 1. The summed E-state index contributed by atoms with van der Waals surface area (Å²) in [5, 5.41) is 14.2. The van der Waals surface area contributed by atoms with Gasteiger partial charge in [-0.25, -0.2) is 0 Å². The van der Waals surface area contributed by atoms with Crippen LogP contribution in [0, 0.1) is 0 Å². The molecule has 0 unspecified atom stereocenters. The second kappa shape index (κ2) is 4.92. The van der Waals surface area contributed by atoms with Gasteiger partial charge in [0.1, 0.15) is 6.73 Å². The molecule has 0 aliphatic carbocycles. The van der Waals surface area contributed by atoms with Gasteiger partial charge in [-0.15, -0.1) is 0 Å². The first-order chi connectivity index (χ1) is 6.61. The highest BCUT2D eigenvalue weighted by Crippen LogP contribution is 2.09. The molecule has 0 bridgehead atoms. The Hall–Kier alpha value is -1.14. The lowest BCUT2D eigenvalue weighted by Crippen LogP contribution is -2.14. The smallest absolute Gasteiger partial charge is 0.230 e. The van der Waals surface area contributed by atoms with Crippen LogP contribution in [0.4, 0.5) is 11.9 Å². The molecule has 0 saturated heterocycles. The Morgan fingerprint density at radius 2 is 1.93 bits per heavy atom. The predicted octanol–water partition coefficient (Wildman–Crippen LogP) is 0.707. The van der Waals surface area contributed by atoms with Gasteiger partial charge in [0.2, 0.25) is 17.2 Å². The molecule has 0 aliphatic heterocycles. The first kappa shape index (κ1) is 10.9. The first-order valence-corrected chi connectivity index (χ1v) is 4.52. The minimum atomic E-state index is -0.249. The van der Waals surface area contributed by atoms with Gasteiger partial charge >= 0.3 is 0 Å². The quantitative estimate of drug-likeness (QED) is 0.645. The third-order valence-corrected chi connectivity index (χ3v) is 1.43. The molecule has 1 rings (SSSR count). The largest absolute Gasteiger partial charge is 0.376 e. The highest BCUT2D eigenvalue weighted by atomic mass is 35.5. The third kappa shape index (κ3) is 3.31. The molecule has 0 aromatic carbocycles. The zero-order valence-corrected chi connectivity index (χ0v) is 8.71. The molecule has 0 spiro atoms. The van der Waals surface area contributed by atoms with Crippen LogP contribution < -0.4 is 10.6 Å². The summed E-state index contributed by atoms with van der Waals surface area (Å²) in [6.45, 7) is 3.66. The van der Waals surface area contributed by atoms with Crippen molar-refractivity contribution < 1.29 is 5.11 Å². The Balaban J connectivity index is 2.83. The summed E-state index contributed by atoms with van der Waals surface area (Å²) in [7, 11) is 0. The highest BCUT2D eigenvalue weighted by Gasteiger charge is 2.04. The van der Waals surface area contributed by atoms with Crippen molar-refractivity contribution in [2.45, 2.75) is 19.9 Å². The summed E-state index contributed by atoms with van der Waals surface area (Å²) in [5.41, 5.74) is 0. The predicted molar refractivity (Wildman–Crippen MR) is 54.3 cm³/mol. The lowest BCUT2D eigenvalue weighted by molar-refractivity contribution is 0.324. The summed E-state index contributed by atoms with van der Waals surface area (Å²) in [5.74, 6) is 0.631. The van der Waals surface area contributed by atoms with E-state index < -0.39 is 0 Å². The van der Waals surface area contributed by atoms with Gasteiger partial charge in [-0.2, -0.15) is 15.0 Å². The number of rotatable bonds is 4. The molecule has 78 valence electrons. The van der Waals surface area contributed by atoms with Crippen LogP contribution >= 0.6 is 11.6 Å². The fourth-order valence-electron chi connectivity index (χ4n) is 0.823. The normalized spacial score (nSPS) is 10.4. The monoisotopic (exact) mass is 217 g/mol. The molecular weight excluding hydrogens is 206 g/mol. The number of hydrogen-bond acceptors (Lipinski definition) is 6. The van der Waals surface area contributed by atoms with Crippen LogP contribution in [0.2, 0.25) is 5.28 Å². The van der Waals surface area contributed by atoms with E-state index in [2.05, 4.69) is 25.6 Å². The molecule has 14 heavy (non-hydrogen) atoms. The van der Waals surface area contributed by atoms with Crippen molar-refractivity contribution in [3.05, 3.63) is 5.28 Å². The molecule has 0 fully saturated rings. The van der Waals surface area contributed by atoms with Crippen molar-refractivity contribution in [1.29, 1.82) is 0 Å². The third-order valence-electron chi connectivity index (χ3n) is 1.26.